The molecule has 0 saturated heterocycles. The first-order chi connectivity index (χ1) is 14.6. The Hall–Kier alpha value is -2.80. The molecule has 6 nitrogen and oxygen atoms in total. The maximum atomic E-state index is 12.9. The van der Waals surface area contributed by atoms with Gasteiger partial charge in [0.15, 0.2) is 16.8 Å². The van der Waals surface area contributed by atoms with E-state index in [9.17, 15) is 4.79 Å². The quantitative estimate of drug-likeness (QED) is 0.331. The molecule has 154 valence electrons. The van der Waals surface area contributed by atoms with Gasteiger partial charge in [0, 0.05) is 52.2 Å². The number of hydrogen-bond donors (Lipinski definition) is 1. The zero-order valence-electron chi connectivity index (χ0n) is 17.5. The van der Waals surface area contributed by atoms with E-state index in [4.69, 9.17) is 0 Å². The number of H-pyrrole nitrogens is 1. The Kier molecular flexibility index (Phi) is 4.77. The van der Waals surface area contributed by atoms with Crippen LogP contribution in [-0.2, 0) is 6.54 Å². The van der Waals surface area contributed by atoms with Crippen molar-refractivity contribution in [1.29, 1.82) is 0 Å². The third-order valence-electron chi connectivity index (χ3n) is 5.93. The Bertz CT molecular complexity index is 1240. The number of Topliss-reactive ketones (excluding diaryl/α,β-unsaturated/α-hetero) is 1. The molecule has 0 spiro atoms. The summed E-state index contributed by atoms with van der Waals surface area (Å²) in [5.74, 6) is 1.40. The SMILES string of the molecule is CCn1c(C)cc(C(=O)CSc2nnc(-c3c[nH]c4ccccc34)n2C2CC2)c1C. The Morgan fingerprint density at radius 1 is 1.23 bits per heavy atom. The average Bonchev–Trinajstić information content (AvgIpc) is 3.24. The van der Waals surface area contributed by atoms with Gasteiger partial charge in [-0.05, 0) is 45.7 Å². The van der Waals surface area contributed by atoms with Gasteiger partial charge in [0.1, 0.15) is 0 Å². The number of fused-ring (bicyclic) bond motifs is 1. The van der Waals surface area contributed by atoms with Crippen molar-refractivity contribution >= 4 is 28.4 Å². The summed E-state index contributed by atoms with van der Waals surface area (Å²) in [6.45, 7) is 7.06. The van der Waals surface area contributed by atoms with E-state index in [0.717, 1.165) is 63.8 Å². The molecule has 0 radical (unpaired) electrons. The molecule has 7 heteroatoms. The number of nitrogens with zero attached hydrogens (tertiary/aromatic N) is 4. The van der Waals surface area contributed by atoms with Crippen molar-refractivity contribution in [1.82, 2.24) is 24.3 Å². The van der Waals surface area contributed by atoms with E-state index in [-0.39, 0.29) is 5.78 Å². The summed E-state index contributed by atoms with van der Waals surface area (Å²) in [4.78, 5) is 16.3. The number of carbonyl (C=O) groups is 1. The summed E-state index contributed by atoms with van der Waals surface area (Å²) >= 11 is 1.49. The van der Waals surface area contributed by atoms with Crippen LogP contribution in [-0.4, -0.2) is 35.9 Å². The molecule has 1 aliphatic carbocycles. The second kappa shape index (κ2) is 7.47. The largest absolute Gasteiger partial charge is 0.360 e. The number of carbonyl (C=O) groups excluding carboxylic acids is 1. The van der Waals surface area contributed by atoms with Crippen molar-refractivity contribution in [2.24, 2.45) is 0 Å². The summed E-state index contributed by atoms with van der Waals surface area (Å²) in [5, 5.41) is 11.0. The third-order valence-corrected chi connectivity index (χ3v) is 6.87. The second-order valence-corrected chi connectivity index (χ2v) is 8.84. The van der Waals surface area contributed by atoms with Crippen LogP contribution in [0.1, 0.15) is 47.6 Å². The van der Waals surface area contributed by atoms with Crippen molar-refractivity contribution in [2.45, 2.75) is 51.4 Å². The Morgan fingerprint density at radius 3 is 2.77 bits per heavy atom. The van der Waals surface area contributed by atoms with E-state index in [1.165, 1.54) is 11.8 Å². The molecule has 0 amide bonds. The van der Waals surface area contributed by atoms with Crippen molar-refractivity contribution in [3.05, 3.63) is 53.5 Å². The zero-order chi connectivity index (χ0) is 20.8. The maximum Gasteiger partial charge on any atom is 0.192 e. The Balaban J connectivity index is 1.43. The molecule has 1 saturated carbocycles. The summed E-state index contributed by atoms with van der Waals surface area (Å²) < 4.78 is 4.41. The number of aromatic nitrogens is 5. The molecular formula is C23H25N5OS. The van der Waals surface area contributed by atoms with E-state index >= 15 is 0 Å². The normalized spacial score (nSPS) is 14.0. The molecule has 0 atom stereocenters. The average molecular weight is 420 g/mol. The van der Waals surface area contributed by atoms with Crippen LogP contribution >= 0.6 is 11.8 Å². The number of aromatic amines is 1. The minimum atomic E-state index is 0.145. The van der Waals surface area contributed by atoms with Crippen LogP contribution in [0.15, 0.2) is 41.7 Å². The zero-order valence-corrected chi connectivity index (χ0v) is 18.3. The topological polar surface area (TPSA) is 68.5 Å². The van der Waals surface area contributed by atoms with E-state index < -0.39 is 0 Å². The summed E-state index contributed by atoms with van der Waals surface area (Å²) in [5.41, 5.74) is 5.15. The minimum absolute atomic E-state index is 0.145. The molecule has 0 aliphatic heterocycles. The van der Waals surface area contributed by atoms with Gasteiger partial charge in [-0.1, -0.05) is 30.0 Å². The lowest BCUT2D eigenvalue weighted by Gasteiger charge is -2.08. The van der Waals surface area contributed by atoms with E-state index in [2.05, 4.69) is 50.3 Å². The lowest BCUT2D eigenvalue weighted by Crippen LogP contribution is -2.07. The van der Waals surface area contributed by atoms with Gasteiger partial charge >= 0.3 is 0 Å². The number of aryl methyl sites for hydroxylation is 1. The lowest BCUT2D eigenvalue weighted by atomic mass is 10.1. The number of nitrogens with one attached hydrogen (secondary N) is 1. The number of para-hydroxylation sites is 1. The second-order valence-electron chi connectivity index (χ2n) is 7.90. The summed E-state index contributed by atoms with van der Waals surface area (Å²) in [6, 6.07) is 10.7. The molecule has 1 aliphatic rings. The summed E-state index contributed by atoms with van der Waals surface area (Å²) in [6.07, 6.45) is 4.27. The number of ketones is 1. The number of benzene rings is 1. The number of rotatable bonds is 7. The monoisotopic (exact) mass is 419 g/mol. The molecule has 5 rings (SSSR count). The fourth-order valence-electron chi connectivity index (χ4n) is 4.26. The highest BCUT2D eigenvalue weighted by molar-refractivity contribution is 7.99. The third kappa shape index (κ3) is 3.17. The fraction of sp³-hybridized carbons (Fsp3) is 0.348. The molecule has 3 aromatic heterocycles. The molecule has 1 N–H and O–H groups in total. The number of hydrogen-bond acceptors (Lipinski definition) is 4. The van der Waals surface area contributed by atoms with Gasteiger partial charge in [-0.2, -0.15) is 0 Å². The van der Waals surface area contributed by atoms with Crippen LogP contribution < -0.4 is 0 Å². The lowest BCUT2D eigenvalue weighted by molar-refractivity contribution is 0.102. The van der Waals surface area contributed by atoms with Crippen LogP contribution in [0.2, 0.25) is 0 Å². The molecule has 0 bridgehead atoms. The number of thioether (sulfide) groups is 1. The molecule has 4 aromatic rings. The van der Waals surface area contributed by atoms with Crippen LogP contribution in [0, 0.1) is 13.8 Å². The standard InChI is InChI=1S/C23H25N5OS/c1-4-27-14(2)11-18(15(27)3)21(29)13-30-23-26-25-22(28(23)16-9-10-16)19-12-24-20-8-6-5-7-17(19)20/h5-8,11-12,16,24H,4,9-10,13H2,1-3H3. The first-order valence-corrected chi connectivity index (χ1v) is 11.4. The van der Waals surface area contributed by atoms with Gasteiger partial charge in [-0.25, -0.2) is 0 Å². The van der Waals surface area contributed by atoms with Crippen molar-refractivity contribution in [3.63, 3.8) is 0 Å². The molecule has 0 unspecified atom stereocenters. The van der Waals surface area contributed by atoms with Gasteiger partial charge in [-0.3, -0.25) is 9.36 Å². The molecule has 3 heterocycles. The van der Waals surface area contributed by atoms with Crippen LogP contribution in [0.5, 0.6) is 0 Å². The maximum absolute atomic E-state index is 12.9. The minimum Gasteiger partial charge on any atom is -0.360 e. The van der Waals surface area contributed by atoms with Gasteiger partial charge in [0.25, 0.3) is 0 Å². The van der Waals surface area contributed by atoms with Gasteiger partial charge in [0.05, 0.1) is 5.75 Å². The van der Waals surface area contributed by atoms with Crippen molar-refractivity contribution in [3.8, 4) is 11.4 Å². The predicted octanol–water partition coefficient (Wildman–Crippen LogP) is 5.17. The summed E-state index contributed by atoms with van der Waals surface area (Å²) in [7, 11) is 0. The molecule has 30 heavy (non-hydrogen) atoms. The molecular weight excluding hydrogens is 394 g/mol. The smallest absolute Gasteiger partial charge is 0.192 e. The molecule has 1 aromatic carbocycles. The van der Waals surface area contributed by atoms with E-state index in [1.54, 1.807) is 0 Å². The van der Waals surface area contributed by atoms with Crippen molar-refractivity contribution in [2.75, 3.05) is 5.75 Å². The van der Waals surface area contributed by atoms with Gasteiger partial charge < -0.3 is 9.55 Å². The highest BCUT2D eigenvalue weighted by Crippen LogP contribution is 2.42. The highest BCUT2D eigenvalue weighted by atomic mass is 32.2. The van der Waals surface area contributed by atoms with Gasteiger partial charge in [0.2, 0.25) is 0 Å². The van der Waals surface area contributed by atoms with E-state index in [1.807, 2.05) is 31.3 Å². The fourth-order valence-corrected chi connectivity index (χ4v) is 5.14. The predicted molar refractivity (Wildman–Crippen MR) is 120 cm³/mol. The van der Waals surface area contributed by atoms with Crippen LogP contribution in [0.4, 0.5) is 0 Å². The highest BCUT2D eigenvalue weighted by Gasteiger charge is 2.31. The first kappa shape index (κ1) is 19.2. The van der Waals surface area contributed by atoms with Crippen molar-refractivity contribution < 1.29 is 4.79 Å². The van der Waals surface area contributed by atoms with E-state index in [0.29, 0.717) is 11.8 Å². The van der Waals surface area contributed by atoms with Gasteiger partial charge in [-0.15, -0.1) is 10.2 Å². The Morgan fingerprint density at radius 2 is 2.03 bits per heavy atom. The first-order valence-electron chi connectivity index (χ1n) is 10.4. The Labute approximate surface area is 179 Å². The van der Waals surface area contributed by atoms with Crippen LogP contribution in [0.25, 0.3) is 22.3 Å². The molecule has 1 fully saturated rings. The van der Waals surface area contributed by atoms with Crippen LogP contribution in [0.3, 0.4) is 0 Å².